The molecule has 1 aliphatic heterocycles. The van der Waals surface area contributed by atoms with Crippen molar-refractivity contribution in [3.63, 3.8) is 0 Å². The number of rotatable bonds is 1. The van der Waals surface area contributed by atoms with E-state index in [1.165, 1.54) is 4.90 Å². The minimum absolute atomic E-state index is 0.0347. The quantitative estimate of drug-likeness (QED) is 0.691. The lowest BCUT2D eigenvalue weighted by molar-refractivity contribution is -0.130. The van der Waals surface area contributed by atoms with Crippen molar-refractivity contribution >= 4 is 12.0 Å². The first-order valence-electron chi connectivity index (χ1n) is 5.80. The zero-order chi connectivity index (χ0) is 12.5. The van der Waals surface area contributed by atoms with Crippen LogP contribution >= 0.6 is 0 Å². The van der Waals surface area contributed by atoms with Gasteiger partial charge in [-0.2, -0.15) is 0 Å². The second kappa shape index (κ2) is 4.44. The summed E-state index contributed by atoms with van der Waals surface area (Å²) in [6.07, 6.45) is 0.263. The second-order valence-corrected chi connectivity index (χ2v) is 5.42. The summed E-state index contributed by atoms with van der Waals surface area (Å²) in [6, 6.07) is 0. The highest BCUT2D eigenvalue weighted by Crippen LogP contribution is 2.28. The zero-order valence-corrected chi connectivity index (χ0v) is 10.7. The van der Waals surface area contributed by atoms with Crippen LogP contribution in [0, 0.1) is 11.8 Å². The van der Waals surface area contributed by atoms with Crippen LogP contribution in [0.2, 0.25) is 0 Å². The van der Waals surface area contributed by atoms with Crippen LogP contribution in [0.25, 0.3) is 0 Å². The average molecular weight is 227 g/mol. The summed E-state index contributed by atoms with van der Waals surface area (Å²) < 4.78 is 5.20. The van der Waals surface area contributed by atoms with Crippen molar-refractivity contribution in [2.24, 2.45) is 11.8 Å². The molecular weight excluding hydrogens is 206 g/mol. The Morgan fingerprint density at radius 2 is 2.06 bits per heavy atom. The normalized spacial score (nSPS) is 26.1. The van der Waals surface area contributed by atoms with E-state index in [4.69, 9.17) is 4.74 Å². The average Bonchev–Trinajstić information content (AvgIpc) is 2.38. The molecule has 0 bridgehead atoms. The summed E-state index contributed by atoms with van der Waals surface area (Å²) in [6.45, 7) is 9.84. The van der Waals surface area contributed by atoms with Gasteiger partial charge in [-0.3, -0.25) is 4.79 Å². The Morgan fingerprint density at radius 3 is 2.44 bits per heavy atom. The van der Waals surface area contributed by atoms with Crippen molar-refractivity contribution in [3.8, 4) is 0 Å². The maximum absolute atomic E-state index is 11.9. The molecule has 2 atom stereocenters. The van der Waals surface area contributed by atoms with E-state index in [9.17, 15) is 9.59 Å². The zero-order valence-electron chi connectivity index (χ0n) is 10.7. The molecule has 92 valence electrons. The summed E-state index contributed by atoms with van der Waals surface area (Å²) in [5.41, 5.74) is -0.551. The van der Waals surface area contributed by atoms with E-state index in [1.54, 1.807) is 20.8 Å². The standard InChI is InChI=1S/C12H21NO3/c1-6-9-8(2)7-13(10(9)14)11(15)16-12(3,4)5/h8-9H,6-7H2,1-5H3. The molecule has 1 fully saturated rings. The molecule has 0 aromatic heterocycles. The van der Waals surface area contributed by atoms with Crippen molar-refractivity contribution in [2.75, 3.05) is 6.54 Å². The summed E-state index contributed by atoms with van der Waals surface area (Å²) >= 11 is 0. The second-order valence-electron chi connectivity index (χ2n) is 5.42. The minimum Gasteiger partial charge on any atom is -0.443 e. The Labute approximate surface area is 96.9 Å². The fourth-order valence-electron chi connectivity index (χ4n) is 2.01. The number of carbonyl (C=O) groups is 2. The lowest BCUT2D eigenvalue weighted by Crippen LogP contribution is -2.38. The number of hydrogen-bond donors (Lipinski definition) is 0. The number of imide groups is 1. The highest BCUT2D eigenvalue weighted by molar-refractivity contribution is 5.95. The Balaban J connectivity index is 2.69. The largest absolute Gasteiger partial charge is 0.443 e. The molecule has 1 rings (SSSR count). The van der Waals surface area contributed by atoms with Gasteiger partial charge in [0.15, 0.2) is 0 Å². The molecule has 2 unspecified atom stereocenters. The molecule has 0 saturated carbocycles. The Kier molecular flexibility index (Phi) is 3.61. The van der Waals surface area contributed by atoms with Gasteiger partial charge in [0.1, 0.15) is 5.60 Å². The van der Waals surface area contributed by atoms with Crippen LogP contribution in [0.15, 0.2) is 0 Å². The third kappa shape index (κ3) is 2.74. The lowest BCUT2D eigenvalue weighted by atomic mass is 9.95. The Hall–Kier alpha value is -1.06. The van der Waals surface area contributed by atoms with Crippen LogP contribution < -0.4 is 0 Å². The van der Waals surface area contributed by atoms with Crippen molar-refractivity contribution in [1.82, 2.24) is 4.90 Å². The predicted molar refractivity (Wildman–Crippen MR) is 60.9 cm³/mol. The number of hydrogen-bond acceptors (Lipinski definition) is 3. The van der Waals surface area contributed by atoms with E-state index in [0.29, 0.717) is 6.54 Å². The first kappa shape index (κ1) is 13.0. The van der Waals surface area contributed by atoms with Crippen LogP contribution in [0.1, 0.15) is 41.0 Å². The number of nitrogens with zero attached hydrogens (tertiary/aromatic N) is 1. The van der Waals surface area contributed by atoms with Crippen molar-refractivity contribution in [1.29, 1.82) is 0 Å². The predicted octanol–water partition coefficient (Wildman–Crippen LogP) is 2.43. The van der Waals surface area contributed by atoms with Gasteiger partial charge in [-0.1, -0.05) is 13.8 Å². The maximum atomic E-state index is 11.9. The Bertz CT molecular complexity index is 293. The number of amides is 2. The van der Waals surface area contributed by atoms with Crippen molar-refractivity contribution < 1.29 is 14.3 Å². The fraction of sp³-hybridized carbons (Fsp3) is 0.833. The van der Waals surface area contributed by atoms with Crippen LogP contribution in [-0.2, 0) is 9.53 Å². The molecule has 0 radical (unpaired) electrons. The summed E-state index contributed by atoms with van der Waals surface area (Å²) in [4.78, 5) is 24.9. The van der Waals surface area contributed by atoms with E-state index in [1.807, 2.05) is 13.8 Å². The highest BCUT2D eigenvalue weighted by Gasteiger charge is 2.41. The van der Waals surface area contributed by atoms with E-state index in [0.717, 1.165) is 6.42 Å². The SMILES string of the molecule is CCC1C(=O)N(C(=O)OC(C)(C)C)CC1C. The summed E-state index contributed by atoms with van der Waals surface area (Å²) in [5, 5.41) is 0. The Morgan fingerprint density at radius 1 is 1.50 bits per heavy atom. The molecule has 2 amide bonds. The molecule has 1 aliphatic rings. The number of carbonyl (C=O) groups excluding carboxylic acids is 2. The van der Waals surface area contributed by atoms with E-state index in [-0.39, 0.29) is 17.7 Å². The van der Waals surface area contributed by atoms with Gasteiger partial charge in [-0.25, -0.2) is 9.69 Å². The van der Waals surface area contributed by atoms with Crippen LogP contribution in [0.5, 0.6) is 0 Å². The van der Waals surface area contributed by atoms with E-state index >= 15 is 0 Å². The molecule has 16 heavy (non-hydrogen) atoms. The molecule has 4 nitrogen and oxygen atoms in total. The van der Waals surface area contributed by atoms with Gasteiger partial charge in [0.2, 0.25) is 5.91 Å². The summed E-state index contributed by atoms with van der Waals surface area (Å²) in [5.74, 6) is 0.0989. The van der Waals surface area contributed by atoms with Crippen LogP contribution in [0.3, 0.4) is 0 Å². The number of likely N-dealkylation sites (tertiary alicyclic amines) is 1. The van der Waals surface area contributed by atoms with Crippen molar-refractivity contribution in [2.45, 2.75) is 46.6 Å². The van der Waals surface area contributed by atoms with Gasteiger partial charge in [0, 0.05) is 12.5 Å². The topological polar surface area (TPSA) is 46.6 Å². The maximum Gasteiger partial charge on any atom is 0.417 e. The van der Waals surface area contributed by atoms with Gasteiger partial charge < -0.3 is 4.74 Å². The molecular formula is C12H21NO3. The van der Waals surface area contributed by atoms with E-state index in [2.05, 4.69) is 0 Å². The molecule has 0 aliphatic carbocycles. The van der Waals surface area contributed by atoms with Gasteiger partial charge in [0.05, 0.1) is 0 Å². The van der Waals surface area contributed by atoms with Gasteiger partial charge in [-0.15, -0.1) is 0 Å². The smallest absolute Gasteiger partial charge is 0.417 e. The molecule has 0 aromatic rings. The van der Waals surface area contributed by atoms with Gasteiger partial charge in [-0.05, 0) is 33.1 Å². The van der Waals surface area contributed by atoms with Crippen LogP contribution in [0.4, 0.5) is 4.79 Å². The third-order valence-electron chi connectivity index (χ3n) is 2.79. The molecule has 0 aromatic carbocycles. The third-order valence-corrected chi connectivity index (χ3v) is 2.79. The highest BCUT2D eigenvalue weighted by atomic mass is 16.6. The molecule has 4 heteroatoms. The minimum atomic E-state index is -0.551. The molecule has 1 saturated heterocycles. The monoisotopic (exact) mass is 227 g/mol. The first-order chi connectivity index (χ1) is 7.26. The van der Waals surface area contributed by atoms with Gasteiger partial charge in [0.25, 0.3) is 0 Å². The van der Waals surface area contributed by atoms with Crippen molar-refractivity contribution in [3.05, 3.63) is 0 Å². The van der Waals surface area contributed by atoms with Gasteiger partial charge >= 0.3 is 6.09 Å². The molecule has 0 spiro atoms. The molecule has 1 heterocycles. The summed E-state index contributed by atoms with van der Waals surface area (Å²) in [7, 11) is 0. The lowest BCUT2D eigenvalue weighted by Gasteiger charge is -2.23. The number of ether oxygens (including phenoxy) is 1. The van der Waals surface area contributed by atoms with Crippen LogP contribution in [-0.4, -0.2) is 29.0 Å². The fourth-order valence-corrected chi connectivity index (χ4v) is 2.01. The van der Waals surface area contributed by atoms with E-state index < -0.39 is 11.7 Å². The first-order valence-corrected chi connectivity index (χ1v) is 5.80. The molecule has 0 N–H and O–H groups in total.